The maximum atomic E-state index is 12.2. The number of thioether (sulfide) groups is 1. The van der Waals surface area contributed by atoms with Gasteiger partial charge in [-0.1, -0.05) is 23.2 Å². The molecule has 0 radical (unpaired) electrons. The average molecular weight is 391 g/mol. The van der Waals surface area contributed by atoms with Gasteiger partial charge in [0.25, 0.3) is 5.91 Å². The lowest BCUT2D eigenvalue weighted by atomic mass is 10.2. The van der Waals surface area contributed by atoms with Crippen molar-refractivity contribution in [2.24, 2.45) is 0 Å². The quantitative estimate of drug-likeness (QED) is 0.793. The standard InChI is InChI=1S/C15H16Cl2N2O4S/c1-23-15(22)12-8-19(4-5-24-12)13(20)7-18-14(21)10-3-2-9(16)6-11(10)17/h2-3,6,12H,4-5,7-8H2,1H3,(H,18,21)/t12-/m1/s1. The van der Waals surface area contributed by atoms with Gasteiger partial charge in [-0.15, -0.1) is 11.8 Å². The van der Waals surface area contributed by atoms with E-state index in [2.05, 4.69) is 5.32 Å². The minimum Gasteiger partial charge on any atom is -0.468 e. The molecular weight excluding hydrogens is 375 g/mol. The lowest BCUT2D eigenvalue weighted by Crippen LogP contribution is -2.48. The molecule has 1 aromatic carbocycles. The Labute approximate surface area is 153 Å². The Balaban J connectivity index is 1.90. The van der Waals surface area contributed by atoms with Crippen LogP contribution in [0, 0.1) is 0 Å². The fourth-order valence-electron chi connectivity index (χ4n) is 2.19. The fourth-order valence-corrected chi connectivity index (χ4v) is 3.81. The Morgan fingerprint density at radius 3 is 2.79 bits per heavy atom. The molecule has 1 aliphatic heterocycles. The number of methoxy groups -OCH3 is 1. The third-order valence-electron chi connectivity index (χ3n) is 3.46. The van der Waals surface area contributed by atoms with Crippen LogP contribution in [0.3, 0.4) is 0 Å². The van der Waals surface area contributed by atoms with Crippen LogP contribution >= 0.6 is 35.0 Å². The molecule has 1 aliphatic rings. The van der Waals surface area contributed by atoms with Crippen molar-refractivity contribution in [2.75, 3.05) is 32.5 Å². The molecule has 2 rings (SSSR count). The number of benzene rings is 1. The number of carbonyl (C=O) groups excluding carboxylic acids is 3. The number of halogens is 2. The van der Waals surface area contributed by atoms with E-state index in [0.717, 1.165) is 0 Å². The molecule has 6 nitrogen and oxygen atoms in total. The van der Waals surface area contributed by atoms with E-state index in [1.807, 2.05) is 0 Å². The van der Waals surface area contributed by atoms with E-state index in [9.17, 15) is 14.4 Å². The first kappa shape index (κ1) is 18.9. The molecule has 2 amide bonds. The second kappa shape index (κ2) is 8.60. The Bertz CT molecular complexity index is 656. The SMILES string of the molecule is COC(=O)[C@H]1CN(C(=O)CNC(=O)c2ccc(Cl)cc2Cl)CCS1. The Morgan fingerprint density at radius 1 is 1.38 bits per heavy atom. The van der Waals surface area contributed by atoms with Gasteiger partial charge in [-0.25, -0.2) is 0 Å². The number of hydrogen-bond acceptors (Lipinski definition) is 5. The first-order valence-electron chi connectivity index (χ1n) is 7.13. The smallest absolute Gasteiger partial charge is 0.320 e. The average Bonchev–Trinajstić information content (AvgIpc) is 2.58. The van der Waals surface area contributed by atoms with Gasteiger partial charge < -0.3 is 15.0 Å². The Morgan fingerprint density at radius 2 is 2.12 bits per heavy atom. The summed E-state index contributed by atoms with van der Waals surface area (Å²) in [5.41, 5.74) is 0.246. The molecule has 0 saturated carbocycles. The normalized spacial score (nSPS) is 17.3. The summed E-state index contributed by atoms with van der Waals surface area (Å²) in [5, 5.41) is 2.78. The minimum absolute atomic E-state index is 0.170. The summed E-state index contributed by atoms with van der Waals surface area (Å²) in [6.45, 7) is 0.624. The fraction of sp³-hybridized carbons (Fsp3) is 0.400. The summed E-state index contributed by atoms with van der Waals surface area (Å²) in [7, 11) is 1.32. The molecule has 1 heterocycles. The van der Waals surface area contributed by atoms with E-state index in [4.69, 9.17) is 27.9 Å². The molecule has 1 atom stereocenters. The zero-order chi connectivity index (χ0) is 17.7. The van der Waals surface area contributed by atoms with E-state index in [-0.39, 0.29) is 35.6 Å². The van der Waals surface area contributed by atoms with E-state index in [1.165, 1.54) is 31.0 Å². The second-order valence-corrected chi connectivity index (χ2v) is 7.18. The lowest BCUT2D eigenvalue weighted by molar-refractivity contribution is -0.141. The summed E-state index contributed by atoms with van der Waals surface area (Å²) in [6, 6.07) is 4.50. The number of esters is 1. The van der Waals surface area contributed by atoms with Gasteiger partial charge in [-0.3, -0.25) is 14.4 Å². The van der Waals surface area contributed by atoms with E-state index in [1.54, 1.807) is 11.0 Å². The summed E-state index contributed by atoms with van der Waals surface area (Å²) in [6.07, 6.45) is 0. The van der Waals surface area contributed by atoms with Gasteiger partial charge in [0.15, 0.2) is 0 Å². The highest BCUT2D eigenvalue weighted by atomic mass is 35.5. The number of hydrogen-bond donors (Lipinski definition) is 1. The zero-order valence-corrected chi connectivity index (χ0v) is 15.2. The van der Waals surface area contributed by atoms with Crippen LogP contribution in [0.25, 0.3) is 0 Å². The van der Waals surface area contributed by atoms with Crippen molar-refractivity contribution in [3.63, 3.8) is 0 Å². The van der Waals surface area contributed by atoms with E-state index >= 15 is 0 Å². The van der Waals surface area contributed by atoms with Gasteiger partial charge in [0.05, 0.1) is 24.2 Å². The summed E-state index contributed by atoms with van der Waals surface area (Å²) in [4.78, 5) is 37.4. The first-order valence-corrected chi connectivity index (χ1v) is 8.93. The molecule has 1 aromatic rings. The van der Waals surface area contributed by atoms with Crippen LogP contribution in [-0.2, 0) is 14.3 Å². The van der Waals surface area contributed by atoms with Crippen molar-refractivity contribution >= 4 is 52.7 Å². The van der Waals surface area contributed by atoms with Crippen LogP contribution < -0.4 is 5.32 Å². The molecule has 1 N–H and O–H groups in total. The molecular formula is C15H16Cl2N2O4S. The molecule has 24 heavy (non-hydrogen) atoms. The topological polar surface area (TPSA) is 75.7 Å². The molecule has 0 aromatic heterocycles. The van der Waals surface area contributed by atoms with Gasteiger partial charge in [0.1, 0.15) is 5.25 Å². The molecule has 130 valence electrons. The number of rotatable bonds is 4. The number of nitrogens with one attached hydrogen (secondary N) is 1. The number of carbonyl (C=O) groups is 3. The van der Waals surface area contributed by atoms with Gasteiger partial charge >= 0.3 is 5.97 Å². The van der Waals surface area contributed by atoms with Gasteiger partial charge in [-0.05, 0) is 18.2 Å². The third-order valence-corrected chi connectivity index (χ3v) is 5.17. The van der Waals surface area contributed by atoms with Crippen LogP contribution in [0.2, 0.25) is 10.0 Å². The highest BCUT2D eigenvalue weighted by Gasteiger charge is 2.29. The highest BCUT2D eigenvalue weighted by Crippen LogP contribution is 2.21. The largest absolute Gasteiger partial charge is 0.468 e. The molecule has 1 fully saturated rings. The van der Waals surface area contributed by atoms with Crippen molar-refractivity contribution in [1.82, 2.24) is 10.2 Å². The lowest BCUT2D eigenvalue weighted by Gasteiger charge is -2.31. The van der Waals surface area contributed by atoms with E-state index < -0.39 is 11.2 Å². The van der Waals surface area contributed by atoms with Gasteiger partial charge in [0.2, 0.25) is 5.91 Å². The van der Waals surface area contributed by atoms with Crippen LogP contribution in [0.4, 0.5) is 0 Å². The second-order valence-electron chi connectivity index (χ2n) is 5.03. The van der Waals surface area contributed by atoms with Gasteiger partial charge in [0, 0.05) is 23.9 Å². The minimum atomic E-state index is -0.457. The monoisotopic (exact) mass is 390 g/mol. The molecule has 1 saturated heterocycles. The zero-order valence-electron chi connectivity index (χ0n) is 12.9. The highest BCUT2D eigenvalue weighted by molar-refractivity contribution is 8.00. The van der Waals surface area contributed by atoms with E-state index in [0.29, 0.717) is 17.3 Å². The third kappa shape index (κ3) is 4.78. The predicted octanol–water partition coefficient (Wildman–Crippen LogP) is 1.84. The van der Waals surface area contributed by atoms with Crippen molar-refractivity contribution in [3.8, 4) is 0 Å². The molecule has 0 aliphatic carbocycles. The van der Waals surface area contributed by atoms with Gasteiger partial charge in [-0.2, -0.15) is 0 Å². The van der Waals surface area contributed by atoms with Crippen LogP contribution in [0.5, 0.6) is 0 Å². The molecule has 0 unspecified atom stereocenters. The number of nitrogens with zero attached hydrogens (tertiary/aromatic N) is 1. The van der Waals surface area contributed by atoms with Crippen molar-refractivity contribution in [3.05, 3.63) is 33.8 Å². The van der Waals surface area contributed by atoms with Crippen LogP contribution in [0.1, 0.15) is 10.4 Å². The molecule has 0 spiro atoms. The van der Waals surface area contributed by atoms with Crippen molar-refractivity contribution < 1.29 is 19.1 Å². The Kier molecular flexibility index (Phi) is 6.77. The van der Waals surface area contributed by atoms with Crippen LogP contribution in [0.15, 0.2) is 18.2 Å². The molecule has 9 heteroatoms. The maximum absolute atomic E-state index is 12.2. The summed E-state index contributed by atoms with van der Waals surface area (Å²) in [5.74, 6) is -0.430. The van der Waals surface area contributed by atoms with Crippen LogP contribution in [-0.4, -0.2) is 60.4 Å². The predicted molar refractivity (Wildman–Crippen MR) is 93.6 cm³/mol. The Hall–Kier alpha value is -1.44. The van der Waals surface area contributed by atoms with Crippen molar-refractivity contribution in [2.45, 2.75) is 5.25 Å². The number of ether oxygens (including phenoxy) is 1. The summed E-state index contributed by atoms with van der Waals surface area (Å²) >= 11 is 13.2. The van der Waals surface area contributed by atoms with Crippen molar-refractivity contribution in [1.29, 1.82) is 0 Å². The molecule has 0 bridgehead atoms. The summed E-state index contributed by atoms with van der Waals surface area (Å²) < 4.78 is 4.70. The maximum Gasteiger partial charge on any atom is 0.320 e. The first-order chi connectivity index (χ1) is 11.4. The number of amides is 2.